The van der Waals surface area contributed by atoms with E-state index in [9.17, 15) is 9.90 Å². The standard InChI is InChI=1S/C29H28N4O3S/c1-16-8-10-20(11-9-16)27-32-28-23(12-22-21(14-34)13-30-19(4)26(22)36-28)29(33-27)37-15-25(35)31-24-7-5-6-17(2)18(24)3/h5-11,13,34H,12,14-15H2,1-4H3,(H,31,35). The highest BCUT2D eigenvalue weighted by atomic mass is 32.2. The number of nitrogens with one attached hydrogen (secondary N) is 1. The molecule has 0 spiro atoms. The van der Waals surface area contributed by atoms with Crippen LogP contribution in [0.15, 0.2) is 53.7 Å². The number of thioether (sulfide) groups is 1. The predicted molar refractivity (Wildman–Crippen MR) is 145 cm³/mol. The highest BCUT2D eigenvalue weighted by Gasteiger charge is 2.28. The first kappa shape index (κ1) is 24.9. The third-order valence-corrected chi connectivity index (χ3v) is 7.60. The molecule has 2 N–H and O–H groups in total. The number of nitrogens with zero attached hydrogens (tertiary/aromatic N) is 3. The molecular weight excluding hydrogens is 484 g/mol. The maximum absolute atomic E-state index is 12.9. The lowest BCUT2D eigenvalue weighted by Gasteiger charge is -2.24. The van der Waals surface area contributed by atoms with E-state index >= 15 is 0 Å². The van der Waals surface area contributed by atoms with Crippen LogP contribution in [-0.4, -0.2) is 31.7 Å². The molecule has 0 fully saturated rings. The molecule has 0 atom stereocenters. The van der Waals surface area contributed by atoms with Gasteiger partial charge in [0.15, 0.2) is 11.6 Å². The van der Waals surface area contributed by atoms with Gasteiger partial charge in [0.2, 0.25) is 11.8 Å². The van der Waals surface area contributed by atoms with Gasteiger partial charge in [0.1, 0.15) is 5.03 Å². The highest BCUT2D eigenvalue weighted by molar-refractivity contribution is 8.00. The van der Waals surface area contributed by atoms with Gasteiger partial charge in [0.05, 0.1) is 23.6 Å². The molecule has 37 heavy (non-hydrogen) atoms. The van der Waals surface area contributed by atoms with E-state index in [1.165, 1.54) is 11.8 Å². The number of pyridine rings is 1. The van der Waals surface area contributed by atoms with E-state index < -0.39 is 0 Å². The Morgan fingerprint density at radius 3 is 2.59 bits per heavy atom. The van der Waals surface area contributed by atoms with E-state index in [0.717, 1.165) is 44.8 Å². The lowest BCUT2D eigenvalue weighted by molar-refractivity contribution is -0.113. The number of benzene rings is 2. The van der Waals surface area contributed by atoms with E-state index in [4.69, 9.17) is 14.7 Å². The molecule has 0 unspecified atom stereocenters. The molecule has 0 radical (unpaired) electrons. The number of hydrogen-bond acceptors (Lipinski definition) is 7. The average molecular weight is 513 g/mol. The summed E-state index contributed by atoms with van der Waals surface area (Å²) in [5.74, 6) is 1.67. The van der Waals surface area contributed by atoms with E-state index in [2.05, 4.69) is 10.3 Å². The molecule has 0 saturated carbocycles. The van der Waals surface area contributed by atoms with Crippen molar-refractivity contribution >= 4 is 23.4 Å². The van der Waals surface area contributed by atoms with Gasteiger partial charge in [-0.2, -0.15) is 4.98 Å². The Bertz CT molecular complexity index is 1500. The van der Waals surface area contributed by atoms with Crippen molar-refractivity contribution in [3.05, 3.63) is 87.7 Å². The smallest absolute Gasteiger partial charge is 0.234 e. The maximum Gasteiger partial charge on any atom is 0.234 e. The van der Waals surface area contributed by atoms with Gasteiger partial charge in [0, 0.05) is 35.0 Å². The first-order valence-electron chi connectivity index (χ1n) is 12.1. The molecule has 1 aliphatic heterocycles. The van der Waals surface area contributed by atoms with Crippen LogP contribution in [0, 0.1) is 27.7 Å². The van der Waals surface area contributed by atoms with Crippen molar-refractivity contribution in [3.63, 3.8) is 0 Å². The molecule has 0 aliphatic carbocycles. The van der Waals surface area contributed by atoms with Crippen LogP contribution in [0.4, 0.5) is 5.69 Å². The van der Waals surface area contributed by atoms with Crippen LogP contribution in [0.1, 0.15) is 39.1 Å². The summed E-state index contributed by atoms with van der Waals surface area (Å²) >= 11 is 1.36. The minimum absolute atomic E-state index is 0.115. The number of carbonyl (C=O) groups is 1. The summed E-state index contributed by atoms with van der Waals surface area (Å²) in [6.07, 6.45) is 2.16. The monoisotopic (exact) mass is 512 g/mol. The molecule has 8 heteroatoms. The molecule has 3 heterocycles. The normalized spacial score (nSPS) is 11.9. The molecular formula is C29H28N4O3S. The van der Waals surface area contributed by atoms with Gasteiger partial charge in [-0.05, 0) is 44.9 Å². The van der Waals surface area contributed by atoms with Crippen LogP contribution in [0.2, 0.25) is 0 Å². The third-order valence-electron chi connectivity index (χ3n) is 6.59. The summed E-state index contributed by atoms with van der Waals surface area (Å²) in [7, 11) is 0. The van der Waals surface area contributed by atoms with Crippen molar-refractivity contribution < 1.29 is 14.6 Å². The number of aryl methyl sites for hydroxylation is 3. The van der Waals surface area contributed by atoms with Gasteiger partial charge in [-0.3, -0.25) is 9.78 Å². The number of aromatic nitrogens is 3. The summed E-state index contributed by atoms with van der Waals surface area (Å²) in [5.41, 5.74) is 8.09. The van der Waals surface area contributed by atoms with Crippen LogP contribution in [0.5, 0.6) is 11.6 Å². The number of fused-ring (bicyclic) bond motifs is 2. The van der Waals surface area contributed by atoms with Gasteiger partial charge >= 0.3 is 0 Å². The Morgan fingerprint density at radius 2 is 1.84 bits per heavy atom. The fourth-order valence-electron chi connectivity index (χ4n) is 4.25. The molecule has 4 aromatic rings. The number of amides is 1. The Kier molecular flexibility index (Phi) is 6.95. The zero-order chi connectivity index (χ0) is 26.1. The second-order valence-corrected chi connectivity index (χ2v) is 10.2. The quantitative estimate of drug-likeness (QED) is 0.223. The van der Waals surface area contributed by atoms with Crippen molar-refractivity contribution in [2.24, 2.45) is 0 Å². The van der Waals surface area contributed by atoms with E-state index in [1.807, 2.05) is 70.2 Å². The minimum Gasteiger partial charge on any atom is -0.436 e. The van der Waals surface area contributed by atoms with E-state index in [1.54, 1.807) is 6.20 Å². The fraction of sp³-hybridized carbons (Fsp3) is 0.241. The van der Waals surface area contributed by atoms with Crippen LogP contribution in [0.3, 0.4) is 0 Å². The van der Waals surface area contributed by atoms with E-state index in [0.29, 0.717) is 34.5 Å². The Morgan fingerprint density at radius 1 is 1.05 bits per heavy atom. The summed E-state index contributed by atoms with van der Waals surface area (Å²) in [6.45, 7) is 7.78. The number of aliphatic hydroxyl groups is 1. The molecule has 5 rings (SSSR count). The predicted octanol–water partition coefficient (Wildman–Crippen LogP) is 5.69. The molecule has 1 aliphatic rings. The van der Waals surface area contributed by atoms with Crippen molar-refractivity contribution in [2.45, 2.75) is 45.7 Å². The Labute approximate surface area is 220 Å². The molecule has 2 aromatic carbocycles. The zero-order valence-electron chi connectivity index (χ0n) is 21.3. The van der Waals surface area contributed by atoms with Crippen molar-refractivity contribution in [1.29, 1.82) is 0 Å². The number of ether oxygens (including phenoxy) is 1. The highest BCUT2D eigenvalue weighted by Crippen LogP contribution is 2.42. The largest absolute Gasteiger partial charge is 0.436 e. The topological polar surface area (TPSA) is 97.2 Å². The Hall–Kier alpha value is -3.75. The second kappa shape index (κ2) is 10.3. The third kappa shape index (κ3) is 5.08. The summed E-state index contributed by atoms with van der Waals surface area (Å²) in [5, 5.41) is 13.6. The van der Waals surface area contributed by atoms with Gasteiger partial charge in [-0.15, -0.1) is 0 Å². The summed E-state index contributed by atoms with van der Waals surface area (Å²) in [4.78, 5) is 26.9. The molecule has 7 nitrogen and oxygen atoms in total. The van der Waals surface area contributed by atoms with Crippen LogP contribution in [-0.2, 0) is 17.8 Å². The maximum atomic E-state index is 12.9. The van der Waals surface area contributed by atoms with Crippen molar-refractivity contribution in [1.82, 2.24) is 15.0 Å². The Balaban J connectivity index is 1.49. The van der Waals surface area contributed by atoms with Crippen LogP contribution in [0.25, 0.3) is 11.4 Å². The van der Waals surface area contributed by atoms with Crippen LogP contribution >= 0.6 is 11.8 Å². The molecule has 2 aromatic heterocycles. The first-order chi connectivity index (χ1) is 17.8. The number of aliphatic hydroxyl groups excluding tert-OH is 1. The lowest BCUT2D eigenvalue weighted by Crippen LogP contribution is -2.16. The van der Waals surface area contributed by atoms with E-state index in [-0.39, 0.29) is 18.3 Å². The van der Waals surface area contributed by atoms with Crippen LogP contribution < -0.4 is 10.1 Å². The van der Waals surface area contributed by atoms with Crippen molar-refractivity contribution in [2.75, 3.05) is 11.1 Å². The van der Waals surface area contributed by atoms with Gasteiger partial charge in [-0.1, -0.05) is 53.7 Å². The van der Waals surface area contributed by atoms with Gasteiger partial charge in [-0.25, -0.2) is 4.98 Å². The number of carbonyl (C=O) groups excluding carboxylic acids is 1. The SMILES string of the molecule is Cc1ccc(-c2nc3c(c(SCC(=O)Nc4cccc(C)c4C)n2)Cc2c(CO)cnc(C)c2O3)cc1. The molecule has 1 amide bonds. The number of anilines is 1. The van der Waals surface area contributed by atoms with Gasteiger partial charge in [0.25, 0.3) is 0 Å². The fourth-order valence-corrected chi connectivity index (χ4v) is 5.08. The second-order valence-electron chi connectivity index (χ2n) is 9.20. The molecule has 0 bridgehead atoms. The average Bonchev–Trinajstić information content (AvgIpc) is 2.90. The summed E-state index contributed by atoms with van der Waals surface area (Å²) in [6, 6.07) is 13.9. The zero-order valence-corrected chi connectivity index (χ0v) is 22.1. The van der Waals surface area contributed by atoms with Gasteiger partial charge < -0.3 is 15.2 Å². The molecule has 0 saturated heterocycles. The summed E-state index contributed by atoms with van der Waals surface area (Å²) < 4.78 is 6.27. The molecule has 188 valence electrons. The minimum atomic E-state index is -0.142. The van der Waals surface area contributed by atoms with Crippen molar-refractivity contribution in [3.8, 4) is 23.0 Å². The number of rotatable bonds is 6. The number of hydrogen-bond donors (Lipinski definition) is 2. The lowest BCUT2D eigenvalue weighted by atomic mass is 9.99. The first-order valence-corrected chi connectivity index (χ1v) is 13.1.